The van der Waals surface area contributed by atoms with Crippen molar-refractivity contribution in [3.63, 3.8) is 0 Å². The second-order valence-corrected chi connectivity index (χ2v) is 4.19. The Morgan fingerprint density at radius 3 is 2.69 bits per heavy atom. The Morgan fingerprint density at radius 2 is 2.19 bits per heavy atom. The third kappa shape index (κ3) is 2.71. The Hall–Kier alpha value is -0.680. The molecule has 0 saturated heterocycles. The first-order chi connectivity index (χ1) is 7.39. The van der Waals surface area contributed by atoms with Crippen LogP contribution < -0.4 is 0 Å². The summed E-state index contributed by atoms with van der Waals surface area (Å²) in [4.78, 5) is 11.0. The maximum absolute atomic E-state index is 13.5. The Balaban J connectivity index is 3.06. The number of carbonyl (C=O) groups excluding carboxylic acids is 1. The van der Waals surface area contributed by atoms with Crippen molar-refractivity contribution in [3.05, 3.63) is 33.3 Å². The number of halogens is 4. The van der Waals surface area contributed by atoms with Crippen molar-refractivity contribution >= 4 is 33.5 Å². The molecule has 0 spiro atoms. The fraction of sp³-hybridized carbons (Fsp3) is 0.300. The lowest BCUT2D eigenvalue weighted by molar-refractivity contribution is -0.173. The van der Waals surface area contributed by atoms with E-state index in [0.29, 0.717) is 9.50 Å². The first kappa shape index (κ1) is 13.4. The van der Waals surface area contributed by atoms with Gasteiger partial charge in [0, 0.05) is 10.0 Å². The molecule has 1 rings (SSSR count). The molecule has 1 aromatic carbocycles. The predicted octanol–water partition coefficient (Wildman–Crippen LogP) is 3.76. The standard InChI is InChI=1S/C10H8BrClF2O2/c1-2-16-9(15)10(13,14)6-3-4-8(12)7(11)5-6/h3-5H,2H2,1H3. The molecule has 0 aliphatic heterocycles. The highest BCUT2D eigenvalue weighted by Crippen LogP contribution is 2.33. The molecule has 0 N–H and O–H groups in total. The summed E-state index contributed by atoms with van der Waals surface area (Å²) in [6.45, 7) is 1.37. The highest BCUT2D eigenvalue weighted by molar-refractivity contribution is 9.10. The second-order valence-electron chi connectivity index (χ2n) is 2.92. The van der Waals surface area contributed by atoms with Crippen LogP contribution in [0, 0.1) is 0 Å². The highest BCUT2D eigenvalue weighted by atomic mass is 79.9. The smallest absolute Gasteiger partial charge is 0.381 e. The molecule has 0 heterocycles. The molecule has 0 fully saturated rings. The highest BCUT2D eigenvalue weighted by Gasteiger charge is 2.42. The summed E-state index contributed by atoms with van der Waals surface area (Å²) in [7, 11) is 0. The van der Waals surface area contributed by atoms with Crippen LogP contribution in [0.25, 0.3) is 0 Å². The third-order valence-electron chi connectivity index (χ3n) is 1.81. The molecule has 1 aromatic rings. The van der Waals surface area contributed by atoms with Crippen molar-refractivity contribution in [2.45, 2.75) is 12.8 Å². The molecule has 0 unspecified atom stereocenters. The van der Waals surface area contributed by atoms with Crippen molar-refractivity contribution < 1.29 is 18.3 Å². The van der Waals surface area contributed by atoms with E-state index < -0.39 is 17.5 Å². The lowest BCUT2D eigenvalue weighted by Crippen LogP contribution is -2.28. The fourth-order valence-electron chi connectivity index (χ4n) is 1.03. The minimum absolute atomic E-state index is 0.0941. The number of benzene rings is 1. The van der Waals surface area contributed by atoms with Crippen LogP contribution in [0.15, 0.2) is 22.7 Å². The molecule has 0 radical (unpaired) electrons. The van der Waals surface area contributed by atoms with Crippen molar-refractivity contribution in [1.82, 2.24) is 0 Å². The van der Waals surface area contributed by atoms with Crippen LogP contribution in [0.4, 0.5) is 8.78 Å². The van der Waals surface area contributed by atoms with Crippen molar-refractivity contribution in [2.75, 3.05) is 6.61 Å². The topological polar surface area (TPSA) is 26.3 Å². The van der Waals surface area contributed by atoms with Gasteiger partial charge in [-0.2, -0.15) is 8.78 Å². The van der Waals surface area contributed by atoms with Gasteiger partial charge in [0.15, 0.2) is 0 Å². The average molecular weight is 314 g/mol. The molecule has 0 saturated carbocycles. The second kappa shape index (κ2) is 5.10. The van der Waals surface area contributed by atoms with Gasteiger partial charge < -0.3 is 4.74 Å². The number of ether oxygens (including phenoxy) is 1. The zero-order valence-corrected chi connectivity index (χ0v) is 10.6. The molecular formula is C10H8BrClF2O2. The van der Waals surface area contributed by atoms with Crippen LogP contribution >= 0.6 is 27.5 Å². The largest absolute Gasteiger partial charge is 0.461 e. The van der Waals surface area contributed by atoms with Crippen molar-refractivity contribution in [3.8, 4) is 0 Å². The zero-order chi connectivity index (χ0) is 12.3. The molecule has 6 heteroatoms. The van der Waals surface area contributed by atoms with E-state index in [1.54, 1.807) is 0 Å². The van der Waals surface area contributed by atoms with Crippen LogP contribution in [0.2, 0.25) is 5.02 Å². The molecule has 0 aromatic heterocycles. The molecule has 88 valence electrons. The number of esters is 1. The van der Waals surface area contributed by atoms with Gasteiger partial charge in [-0.1, -0.05) is 17.7 Å². The van der Waals surface area contributed by atoms with E-state index in [-0.39, 0.29) is 6.61 Å². The fourth-order valence-corrected chi connectivity index (χ4v) is 1.53. The summed E-state index contributed by atoms with van der Waals surface area (Å²) in [6, 6.07) is 3.47. The minimum atomic E-state index is -3.66. The molecule has 0 atom stereocenters. The van der Waals surface area contributed by atoms with E-state index >= 15 is 0 Å². The van der Waals surface area contributed by atoms with Gasteiger partial charge in [-0.25, -0.2) is 4.79 Å². The number of rotatable bonds is 3. The van der Waals surface area contributed by atoms with Crippen LogP contribution in [0.1, 0.15) is 12.5 Å². The summed E-state index contributed by atoms with van der Waals surface area (Å²) in [5, 5.41) is 0.295. The van der Waals surface area contributed by atoms with E-state index in [1.807, 2.05) is 0 Å². The number of hydrogen-bond donors (Lipinski definition) is 0. The van der Waals surface area contributed by atoms with Crippen molar-refractivity contribution in [2.24, 2.45) is 0 Å². The van der Waals surface area contributed by atoms with Gasteiger partial charge in [0.25, 0.3) is 0 Å². The van der Waals surface area contributed by atoms with E-state index in [1.165, 1.54) is 13.0 Å². The van der Waals surface area contributed by atoms with E-state index in [9.17, 15) is 13.6 Å². The molecule has 0 amide bonds. The number of hydrogen-bond acceptors (Lipinski definition) is 2. The maximum Gasteiger partial charge on any atom is 0.381 e. The van der Waals surface area contributed by atoms with Gasteiger partial charge in [0.2, 0.25) is 0 Å². The van der Waals surface area contributed by atoms with Crippen LogP contribution in [-0.2, 0) is 15.5 Å². The lowest BCUT2D eigenvalue weighted by Gasteiger charge is -2.15. The first-order valence-electron chi connectivity index (χ1n) is 4.40. The monoisotopic (exact) mass is 312 g/mol. The maximum atomic E-state index is 13.5. The Bertz CT molecular complexity index is 410. The van der Waals surface area contributed by atoms with E-state index in [4.69, 9.17) is 11.6 Å². The summed E-state index contributed by atoms with van der Waals surface area (Å²) in [5.74, 6) is -5.23. The first-order valence-corrected chi connectivity index (χ1v) is 5.57. The Labute approximate surface area is 105 Å². The van der Waals surface area contributed by atoms with Crippen molar-refractivity contribution in [1.29, 1.82) is 0 Å². The molecule has 0 aliphatic rings. The molecule has 2 nitrogen and oxygen atoms in total. The molecule has 0 bridgehead atoms. The quantitative estimate of drug-likeness (QED) is 0.794. The molecule has 0 aliphatic carbocycles. The van der Waals surface area contributed by atoms with Gasteiger partial charge in [0.1, 0.15) is 0 Å². The zero-order valence-electron chi connectivity index (χ0n) is 8.27. The third-order valence-corrected chi connectivity index (χ3v) is 3.03. The summed E-state index contributed by atoms with van der Waals surface area (Å²) < 4.78 is 31.6. The lowest BCUT2D eigenvalue weighted by atomic mass is 10.1. The Kier molecular flexibility index (Phi) is 4.27. The molecule has 16 heavy (non-hydrogen) atoms. The van der Waals surface area contributed by atoms with E-state index in [0.717, 1.165) is 12.1 Å². The van der Waals surface area contributed by atoms with E-state index in [2.05, 4.69) is 20.7 Å². The molecular weight excluding hydrogens is 305 g/mol. The van der Waals surface area contributed by atoms with Gasteiger partial charge >= 0.3 is 11.9 Å². The van der Waals surface area contributed by atoms with Gasteiger partial charge in [-0.05, 0) is 35.0 Å². The summed E-state index contributed by atoms with van der Waals surface area (Å²) in [6.07, 6.45) is 0. The van der Waals surface area contributed by atoms with Crippen LogP contribution in [0.5, 0.6) is 0 Å². The summed E-state index contributed by atoms with van der Waals surface area (Å²) in [5.41, 5.74) is -0.456. The minimum Gasteiger partial charge on any atom is -0.461 e. The average Bonchev–Trinajstić information content (AvgIpc) is 2.22. The number of carbonyl (C=O) groups is 1. The predicted molar refractivity (Wildman–Crippen MR) is 59.7 cm³/mol. The number of alkyl halides is 2. The van der Waals surface area contributed by atoms with Crippen LogP contribution in [-0.4, -0.2) is 12.6 Å². The van der Waals surface area contributed by atoms with Gasteiger partial charge in [-0.3, -0.25) is 0 Å². The normalized spacial score (nSPS) is 11.3. The van der Waals surface area contributed by atoms with Gasteiger partial charge in [-0.15, -0.1) is 0 Å². The van der Waals surface area contributed by atoms with Crippen LogP contribution in [0.3, 0.4) is 0 Å². The summed E-state index contributed by atoms with van der Waals surface area (Å²) >= 11 is 8.67. The Morgan fingerprint density at radius 1 is 1.56 bits per heavy atom. The van der Waals surface area contributed by atoms with Gasteiger partial charge in [0.05, 0.1) is 11.6 Å². The SMILES string of the molecule is CCOC(=O)C(F)(F)c1ccc(Cl)c(Br)c1.